The zero-order valence-corrected chi connectivity index (χ0v) is 10.8. The molecule has 0 aromatic carbocycles. The second-order valence-corrected chi connectivity index (χ2v) is 7.35. The predicted octanol–water partition coefficient (Wildman–Crippen LogP) is -0.211. The Bertz CT molecular complexity index is 366. The summed E-state index contributed by atoms with van der Waals surface area (Å²) in [5.41, 5.74) is 0. The highest BCUT2D eigenvalue weighted by molar-refractivity contribution is 7.89. The molecule has 0 radical (unpaired) electrons. The maximum absolute atomic E-state index is 12.2. The van der Waals surface area contributed by atoms with Crippen molar-refractivity contribution in [2.24, 2.45) is 5.92 Å². The molecule has 0 saturated carbocycles. The standard InChI is InChI=1S/C11H20N2O3S/c14-17(15,8-10-2-1-5-16-10)13-6-9-3-4-12-11(9)7-13/h9-12H,1-8H2/t9-,10?,11+/m0/s1. The first-order valence-electron chi connectivity index (χ1n) is 6.48. The average Bonchev–Trinajstić information content (AvgIpc) is 2.88. The Labute approximate surface area is 103 Å². The smallest absolute Gasteiger partial charge is 0.216 e. The largest absolute Gasteiger partial charge is 0.377 e. The number of hydrogen-bond acceptors (Lipinski definition) is 4. The summed E-state index contributed by atoms with van der Waals surface area (Å²) in [6.45, 7) is 3.11. The van der Waals surface area contributed by atoms with Gasteiger partial charge in [0.1, 0.15) is 0 Å². The highest BCUT2D eigenvalue weighted by Gasteiger charge is 2.41. The molecule has 3 aliphatic rings. The number of ether oxygens (including phenoxy) is 1. The van der Waals surface area contributed by atoms with E-state index >= 15 is 0 Å². The van der Waals surface area contributed by atoms with Crippen LogP contribution in [0.25, 0.3) is 0 Å². The fraction of sp³-hybridized carbons (Fsp3) is 1.00. The van der Waals surface area contributed by atoms with Crippen molar-refractivity contribution in [3.05, 3.63) is 0 Å². The maximum atomic E-state index is 12.2. The van der Waals surface area contributed by atoms with Crippen molar-refractivity contribution in [2.75, 3.05) is 32.0 Å². The number of nitrogens with zero attached hydrogens (tertiary/aromatic N) is 1. The van der Waals surface area contributed by atoms with Crippen molar-refractivity contribution in [3.63, 3.8) is 0 Å². The lowest BCUT2D eigenvalue weighted by molar-refractivity contribution is 0.126. The second kappa shape index (κ2) is 4.50. The molecule has 1 unspecified atom stereocenters. The molecular formula is C11H20N2O3S. The van der Waals surface area contributed by atoms with Gasteiger partial charge in [-0.1, -0.05) is 0 Å². The summed E-state index contributed by atoms with van der Waals surface area (Å²) in [7, 11) is -3.12. The molecule has 0 aliphatic carbocycles. The normalized spacial score (nSPS) is 38.7. The van der Waals surface area contributed by atoms with Crippen LogP contribution in [0.4, 0.5) is 0 Å². The monoisotopic (exact) mass is 260 g/mol. The van der Waals surface area contributed by atoms with E-state index in [0.717, 1.165) is 25.8 Å². The van der Waals surface area contributed by atoms with Crippen LogP contribution in [-0.4, -0.2) is 56.9 Å². The second-order valence-electron chi connectivity index (χ2n) is 5.34. The molecule has 3 saturated heterocycles. The third kappa shape index (κ3) is 2.36. The molecule has 3 rings (SSSR count). The van der Waals surface area contributed by atoms with Crippen molar-refractivity contribution < 1.29 is 13.2 Å². The zero-order chi connectivity index (χ0) is 11.9. The van der Waals surface area contributed by atoms with E-state index in [-0.39, 0.29) is 11.9 Å². The quantitative estimate of drug-likeness (QED) is 0.763. The zero-order valence-electron chi connectivity index (χ0n) is 9.97. The van der Waals surface area contributed by atoms with Crippen molar-refractivity contribution in [1.29, 1.82) is 0 Å². The molecule has 1 N–H and O–H groups in total. The van der Waals surface area contributed by atoms with Crippen LogP contribution >= 0.6 is 0 Å². The van der Waals surface area contributed by atoms with E-state index < -0.39 is 10.0 Å². The van der Waals surface area contributed by atoms with Gasteiger partial charge in [0.15, 0.2) is 0 Å². The third-order valence-electron chi connectivity index (χ3n) is 4.14. The lowest BCUT2D eigenvalue weighted by atomic mass is 10.1. The number of rotatable bonds is 3. The van der Waals surface area contributed by atoms with Crippen LogP contribution in [0.2, 0.25) is 0 Å². The number of sulfonamides is 1. The SMILES string of the molecule is O=S(=O)(CC1CCCO1)N1C[C@@H]2CCN[C@@H]2C1. The molecular weight excluding hydrogens is 240 g/mol. The first kappa shape index (κ1) is 11.9. The minimum Gasteiger partial charge on any atom is -0.377 e. The van der Waals surface area contributed by atoms with Crippen molar-refractivity contribution >= 4 is 10.0 Å². The van der Waals surface area contributed by atoms with Gasteiger partial charge < -0.3 is 10.1 Å². The van der Waals surface area contributed by atoms with Gasteiger partial charge in [0.2, 0.25) is 10.0 Å². The minimum absolute atomic E-state index is 0.0756. The first-order chi connectivity index (χ1) is 8.15. The van der Waals surface area contributed by atoms with Gasteiger partial charge in [-0.15, -0.1) is 0 Å². The molecule has 6 heteroatoms. The van der Waals surface area contributed by atoms with Crippen molar-refractivity contribution in [3.8, 4) is 0 Å². The Morgan fingerprint density at radius 2 is 2.18 bits per heavy atom. The molecule has 3 fully saturated rings. The van der Waals surface area contributed by atoms with E-state index in [2.05, 4.69) is 5.32 Å². The molecule has 0 aromatic heterocycles. The maximum Gasteiger partial charge on any atom is 0.216 e. The van der Waals surface area contributed by atoms with Gasteiger partial charge in [0, 0.05) is 25.7 Å². The minimum atomic E-state index is -3.12. The van der Waals surface area contributed by atoms with Crippen LogP contribution < -0.4 is 5.32 Å². The Morgan fingerprint density at radius 3 is 2.88 bits per heavy atom. The van der Waals surface area contributed by atoms with Gasteiger partial charge >= 0.3 is 0 Å². The highest BCUT2D eigenvalue weighted by Crippen LogP contribution is 2.27. The van der Waals surface area contributed by atoms with Crippen LogP contribution in [0, 0.1) is 5.92 Å². The van der Waals surface area contributed by atoms with E-state index in [0.29, 0.717) is 31.7 Å². The molecule has 17 heavy (non-hydrogen) atoms. The summed E-state index contributed by atoms with van der Waals surface area (Å²) >= 11 is 0. The molecule has 3 aliphatic heterocycles. The van der Waals surface area contributed by atoms with E-state index in [1.807, 2.05) is 0 Å². The Kier molecular flexibility index (Phi) is 3.15. The topological polar surface area (TPSA) is 58.6 Å². The summed E-state index contributed by atoms with van der Waals surface area (Å²) in [6, 6.07) is 0.384. The van der Waals surface area contributed by atoms with Gasteiger partial charge in [0.25, 0.3) is 0 Å². The molecule has 3 heterocycles. The van der Waals surface area contributed by atoms with Gasteiger partial charge in [-0.25, -0.2) is 8.42 Å². The molecule has 0 aromatic rings. The number of nitrogens with one attached hydrogen (secondary N) is 1. The van der Waals surface area contributed by atoms with Gasteiger partial charge in [-0.05, 0) is 31.7 Å². The Morgan fingerprint density at radius 1 is 1.29 bits per heavy atom. The third-order valence-corrected chi connectivity index (χ3v) is 6.02. The van der Waals surface area contributed by atoms with E-state index in [1.165, 1.54) is 0 Å². The fourth-order valence-electron chi connectivity index (χ4n) is 3.15. The summed E-state index contributed by atoms with van der Waals surface area (Å²) in [5.74, 6) is 0.696. The summed E-state index contributed by atoms with van der Waals surface area (Å²) < 4.78 is 31.6. The predicted molar refractivity (Wildman–Crippen MR) is 64.2 cm³/mol. The highest BCUT2D eigenvalue weighted by atomic mass is 32.2. The lowest BCUT2D eigenvalue weighted by Gasteiger charge is -2.19. The summed E-state index contributed by atoms with van der Waals surface area (Å²) in [5, 5.41) is 3.38. The Hall–Kier alpha value is -0.170. The van der Waals surface area contributed by atoms with Crippen LogP contribution in [0.15, 0.2) is 0 Å². The van der Waals surface area contributed by atoms with Gasteiger partial charge in [-0.2, -0.15) is 4.31 Å². The molecule has 5 nitrogen and oxygen atoms in total. The van der Waals surface area contributed by atoms with Crippen molar-refractivity contribution in [1.82, 2.24) is 9.62 Å². The number of fused-ring (bicyclic) bond motifs is 1. The van der Waals surface area contributed by atoms with Crippen molar-refractivity contribution in [2.45, 2.75) is 31.4 Å². The fourth-order valence-corrected chi connectivity index (χ4v) is 4.90. The van der Waals surface area contributed by atoms with E-state index in [9.17, 15) is 8.42 Å². The molecule has 0 bridgehead atoms. The first-order valence-corrected chi connectivity index (χ1v) is 8.09. The average molecular weight is 260 g/mol. The molecule has 0 amide bonds. The van der Waals surface area contributed by atoms with E-state index in [4.69, 9.17) is 4.74 Å². The molecule has 98 valence electrons. The van der Waals surface area contributed by atoms with Gasteiger partial charge in [0.05, 0.1) is 11.9 Å². The Balaban J connectivity index is 1.63. The van der Waals surface area contributed by atoms with Gasteiger partial charge in [-0.3, -0.25) is 0 Å². The molecule has 3 atom stereocenters. The van der Waals surface area contributed by atoms with Crippen LogP contribution in [0.5, 0.6) is 0 Å². The number of hydrogen-bond donors (Lipinski definition) is 1. The van der Waals surface area contributed by atoms with Crippen LogP contribution in [0.1, 0.15) is 19.3 Å². The summed E-state index contributed by atoms with van der Waals surface area (Å²) in [4.78, 5) is 0. The molecule has 0 spiro atoms. The van der Waals surface area contributed by atoms with Crippen LogP contribution in [-0.2, 0) is 14.8 Å². The van der Waals surface area contributed by atoms with E-state index in [1.54, 1.807) is 4.31 Å². The summed E-state index contributed by atoms with van der Waals surface area (Å²) in [6.07, 6.45) is 2.91. The lowest BCUT2D eigenvalue weighted by Crippen LogP contribution is -2.37. The van der Waals surface area contributed by atoms with Crippen LogP contribution in [0.3, 0.4) is 0 Å².